The van der Waals surface area contributed by atoms with Crippen LogP contribution in [0.1, 0.15) is 22.8 Å². The summed E-state index contributed by atoms with van der Waals surface area (Å²) < 4.78 is 1.96. The Balaban J connectivity index is 2.18. The summed E-state index contributed by atoms with van der Waals surface area (Å²) in [5.74, 6) is -0.0846. The molecular weight excluding hydrogens is 417 g/mol. The lowest BCUT2D eigenvalue weighted by Crippen LogP contribution is -2.12. The van der Waals surface area contributed by atoms with E-state index < -0.39 is 0 Å². The molecule has 0 unspecified atom stereocenters. The second-order valence-corrected chi connectivity index (χ2v) is 6.21. The van der Waals surface area contributed by atoms with Crippen LogP contribution in [0.5, 0.6) is 0 Å². The van der Waals surface area contributed by atoms with Crippen LogP contribution in [-0.4, -0.2) is 5.91 Å². The van der Waals surface area contributed by atoms with E-state index in [9.17, 15) is 4.79 Å². The van der Waals surface area contributed by atoms with E-state index >= 15 is 0 Å². The van der Waals surface area contributed by atoms with Crippen LogP contribution in [0.15, 0.2) is 46.9 Å². The molecule has 2 nitrogen and oxygen atoms in total. The molecule has 0 aliphatic rings. The van der Waals surface area contributed by atoms with Gasteiger partial charge in [0.1, 0.15) is 0 Å². The Morgan fingerprint density at radius 3 is 2.53 bits per heavy atom. The number of aryl methyl sites for hydroxylation is 1. The summed E-state index contributed by atoms with van der Waals surface area (Å²) in [6.07, 6.45) is 0.978. The van der Waals surface area contributed by atoms with Crippen molar-refractivity contribution in [3.05, 3.63) is 61.6 Å². The zero-order chi connectivity index (χ0) is 13.8. The highest BCUT2D eigenvalue weighted by Gasteiger charge is 2.08. The van der Waals surface area contributed by atoms with Gasteiger partial charge < -0.3 is 5.32 Å². The zero-order valence-corrected chi connectivity index (χ0v) is 14.2. The number of hydrogen-bond acceptors (Lipinski definition) is 1. The highest BCUT2D eigenvalue weighted by atomic mass is 127. The number of nitrogens with one attached hydrogen (secondary N) is 1. The van der Waals surface area contributed by atoms with Crippen molar-refractivity contribution in [2.75, 3.05) is 5.32 Å². The van der Waals surface area contributed by atoms with Gasteiger partial charge in [-0.05, 0) is 64.9 Å². The fourth-order valence-electron chi connectivity index (χ4n) is 1.68. The van der Waals surface area contributed by atoms with Gasteiger partial charge >= 0.3 is 0 Å². The molecule has 0 fully saturated rings. The lowest BCUT2D eigenvalue weighted by atomic mass is 10.1. The molecule has 0 spiro atoms. The molecule has 0 saturated carbocycles. The van der Waals surface area contributed by atoms with Gasteiger partial charge in [0.2, 0.25) is 0 Å². The Kier molecular flexibility index (Phi) is 4.99. The van der Waals surface area contributed by atoms with Gasteiger partial charge in [0.15, 0.2) is 0 Å². The number of amides is 1. The Bertz CT molecular complexity index is 596. The fraction of sp³-hybridized carbons (Fsp3) is 0.133. The third-order valence-corrected chi connectivity index (χ3v) is 4.23. The predicted octanol–water partition coefficient (Wildman–Crippen LogP) is 4.87. The van der Waals surface area contributed by atoms with Crippen molar-refractivity contribution in [2.45, 2.75) is 13.3 Å². The molecule has 1 amide bonds. The van der Waals surface area contributed by atoms with Gasteiger partial charge in [-0.2, -0.15) is 0 Å². The summed E-state index contributed by atoms with van der Waals surface area (Å²) in [4.78, 5) is 12.1. The quantitative estimate of drug-likeness (QED) is 0.693. The molecule has 0 aliphatic carbocycles. The van der Waals surface area contributed by atoms with Crippen LogP contribution in [0, 0.1) is 3.57 Å². The Hall–Kier alpha value is -0.880. The maximum atomic E-state index is 12.1. The molecule has 0 aliphatic heterocycles. The Labute approximate surface area is 134 Å². The average molecular weight is 430 g/mol. The first-order chi connectivity index (χ1) is 9.10. The van der Waals surface area contributed by atoms with Crippen LogP contribution in [0.2, 0.25) is 0 Å². The SMILES string of the molecule is CCc1ccc(C(=O)Nc2cc(Br)ccc2I)cc1. The lowest BCUT2D eigenvalue weighted by molar-refractivity contribution is 0.102. The monoisotopic (exact) mass is 429 g/mol. The zero-order valence-electron chi connectivity index (χ0n) is 10.4. The first-order valence-electron chi connectivity index (χ1n) is 5.95. The van der Waals surface area contributed by atoms with Crippen molar-refractivity contribution in [1.82, 2.24) is 0 Å². The second-order valence-electron chi connectivity index (χ2n) is 4.13. The number of carbonyl (C=O) groups is 1. The molecule has 1 N–H and O–H groups in total. The lowest BCUT2D eigenvalue weighted by Gasteiger charge is -2.08. The maximum absolute atomic E-state index is 12.1. The minimum Gasteiger partial charge on any atom is -0.321 e. The number of hydrogen-bond donors (Lipinski definition) is 1. The van der Waals surface area contributed by atoms with Gasteiger partial charge in [0.05, 0.1) is 5.69 Å². The van der Waals surface area contributed by atoms with Gasteiger partial charge in [0.25, 0.3) is 5.91 Å². The first-order valence-corrected chi connectivity index (χ1v) is 7.82. The fourth-order valence-corrected chi connectivity index (χ4v) is 2.51. The van der Waals surface area contributed by atoms with Crippen LogP contribution < -0.4 is 5.32 Å². The van der Waals surface area contributed by atoms with E-state index in [0.29, 0.717) is 5.56 Å². The molecule has 0 saturated heterocycles. The smallest absolute Gasteiger partial charge is 0.255 e. The molecular formula is C15H13BrINO. The third-order valence-electron chi connectivity index (χ3n) is 2.80. The number of benzene rings is 2. The van der Waals surface area contributed by atoms with Crippen LogP contribution in [-0.2, 0) is 6.42 Å². The minimum absolute atomic E-state index is 0.0846. The van der Waals surface area contributed by atoms with Crippen LogP contribution in [0.25, 0.3) is 0 Å². The van der Waals surface area contributed by atoms with Crippen molar-refractivity contribution >= 4 is 50.1 Å². The van der Waals surface area contributed by atoms with E-state index in [2.05, 4.69) is 50.8 Å². The summed E-state index contributed by atoms with van der Waals surface area (Å²) in [6, 6.07) is 13.5. The molecule has 0 bridgehead atoms. The van der Waals surface area contributed by atoms with E-state index in [0.717, 1.165) is 20.2 Å². The normalized spacial score (nSPS) is 10.3. The standard InChI is InChI=1S/C15H13BrINO/c1-2-10-3-5-11(6-4-10)15(19)18-14-9-12(16)7-8-13(14)17/h3-9H,2H2,1H3,(H,18,19). The van der Waals surface area contributed by atoms with Crippen molar-refractivity contribution in [1.29, 1.82) is 0 Å². The van der Waals surface area contributed by atoms with Crippen molar-refractivity contribution in [3.63, 3.8) is 0 Å². The van der Waals surface area contributed by atoms with E-state index in [1.165, 1.54) is 5.56 Å². The molecule has 2 aromatic carbocycles. The number of halogens is 2. The van der Waals surface area contributed by atoms with E-state index in [1.807, 2.05) is 42.5 Å². The highest BCUT2D eigenvalue weighted by molar-refractivity contribution is 14.1. The predicted molar refractivity (Wildman–Crippen MR) is 90.6 cm³/mol. The molecule has 0 heterocycles. The summed E-state index contributed by atoms with van der Waals surface area (Å²) in [6.45, 7) is 2.10. The molecule has 4 heteroatoms. The molecule has 0 radical (unpaired) electrons. The van der Waals surface area contributed by atoms with Crippen molar-refractivity contribution < 1.29 is 4.79 Å². The minimum atomic E-state index is -0.0846. The van der Waals surface area contributed by atoms with Gasteiger partial charge in [0, 0.05) is 13.6 Å². The van der Waals surface area contributed by atoms with E-state index in [4.69, 9.17) is 0 Å². The third kappa shape index (κ3) is 3.79. The number of anilines is 1. The largest absolute Gasteiger partial charge is 0.321 e. The maximum Gasteiger partial charge on any atom is 0.255 e. The van der Waals surface area contributed by atoms with Gasteiger partial charge in [-0.25, -0.2) is 0 Å². The van der Waals surface area contributed by atoms with Crippen molar-refractivity contribution in [2.24, 2.45) is 0 Å². The Morgan fingerprint density at radius 1 is 1.21 bits per heavy atom. The highest BCUT2D eigenvalue weighted by Crippen LogP contribution is 2.23. The molecule has 2 aromatic rings. The average Bonchev–Trinajstić information content (AvgIpc) is 2.43. The molecule has 19 heavy (non-hydrogen) atoms. The van der Waals surface area contributed by atoms with Crippen LogP contribution in [0.3, 0.4) is 0 Å². The summed E-state index contributed by atoms with van der Waals surface area (Å²) >= 11 is 5.61. The van der Waals surface area contributed by atoms with Gasteiger partial charge in [-0.1, -0.05) is 35.0 Å². The Morgan fingerprint density at radius 2 is 1.89 bits per heavy atom. The van der Waals surface area contributed by atoms with Gasteiger partial charge in [-0.15, -0.1) is 0 Å². The summed E-state index contributed by atoms with van der Waals surface area (Å²) in [5.41, 5.74) is 2.72. The molecule has 98 valence electrons. The van der Waals surface area contributed by atoms with E-state index in [-0.39, 0.29) is 5.91 Å². The number of rotatable bonds is 3. The van der Waals surface area contributed by atoms with Crippen LogP contribution >= 0.6 is 38.5 Å². The first kappa shape index (κ1) is 14.5. The summed E-state index contributed by atoms with van der Waals surface area (Å²) in [7, 11) is 0. The topological polar surface area (TPSA) is 29.1 Å². The number of carbonyl (C=O) groups excluding carboxylic acids is 1. The van der Waals surface area contributed by atoms with Gasteiger partial charge in [-0.3, -0.25) is 4.79 Å². The summed E-state index contributed by atoms with van der Waals surface area (Å²) in [5, 5.41) is 2.93. The van der Waals surface area contributed by atoms with E-state index in [1.54, 1.807) is 0 Å². The second kappa shape index (κ2) is 6.52. The molecule has 2 rings (SSSR count). The van der Waals surface area contributed by atoms with Crippen molar-refractivity contribution in [3.8, 4) is 0 Å². The molecule has 0 aromatic heterocycles. The van der Waals surface area contributed by atoms with Crippen LogP contribution in [0.4, 0.5) is 5.69 Å². The molecule has 0 atom stereocenters.